The molecule has 0 heterocycles. The minimum Gasteiger partial charge on any atom is -0.460 e. The van der Waals surface area contributed by atoms with Crippen LogP contribution in [0.25, 0.3) is 0 Å². The lowest BCUT2D eigenvalue weighted by atomic mass is 9.72. The van der Waals surface area contributed by atoms with Gasteiger partial charge in [0.2, 0.25) is 0 Å². The van der Waals surface area contributed by atoms with Crippen molar-refractivity contribution < 1.29 is 19.1 Å². The van der Waals surface area contributed by atoms with Crippen LogP contribution in [0.5, 0.6) is 0 Å². The van der Waals surface area contributed by atoms with Crippen molar-refractivity contribution in [1.29, 1.82) is 0 Å². The number of esters is 2. The van der Waals surface area contributed by atoms with Gasteiger partial charge in [0.05, 0.1) is 0 Å². The molecule has 1 aliphatic carbocycles. The van der Waals surface area contributed by atoms with Crippen LogP contribution in [0.3, 0.4) is 0 Å². The Labute approximate surface area is 115 Å². The Morgan fingerprint density at radius 1 is 1.21 bits per heavy atom. The van der Waals surface area contributed by atoms with Crippen molar-refractivity contribution in [2.75, 3.05) is 6.61 Å². The van der Waals surface area contributed by atoms with E-state index in [2.05, 4.69) is 32.1 Å². The quantitative estimate of drug-likeness (QED) is 0.581. The zero-order chi connectivity index (χ0) is 14.5. The fraction of sp³-hybridized carbons (Fsp3) is 0.733. The van der Waals surface area contributed by atoms with Crippen molar-refractivity contribution in [3.63, 3.8) is 0 Å². The van der Waals surface area contributed by atoms with E-state index >= 15 is 0 Å². The van der Waals surface area contributed by atoms with Gasteiger partial charge in [-0.25, -0.2) is 9.59 Å². The standard InChI is InChI=1S/C15H24O4/c1-5-13(16)18-10-14(17)19-12-8-6-11(7-9-12)15(2,3)4/h5,11-12H,1,6-10H2,2-4H3. The molecular weight excluding hydrogens is 244 g/mol. The SMILES string of the molecule is C=CC(=O)OCC(=O)OC1CCC(C(C)(C)C)CC1. The highest BCUT2D eigenvalue weighted by molar-refractivity contribution is 5.83. The first-order valence-corrected chi connectivity index (χ1v) is 6.81. The third-order valence-corrected chi connectivity index (χ3v) is 3.70. The van der Waals surface area contributed by atoms with Crippen molar-refractivity contribution in [3.8, 4) is 0 Å². The topological polar surface area (TPSA) is 52.6 Å². The smallest absolute Gasteiger partial charge is 0.344 e. The molecule has 1 aliphatic rings. The van der Waals surface area contributed by atoms with Crippen LogP contribution in [-0.4, -0.2) is 24.6 Å². The van der Waals surface area contributed by atoms with Gasteiger partial charge in [-0.15, -0.1) is 0 Å². The van der Waals surface area contributed by atoms with Crippen LogP contribution in [-0.2, 0) is 19.1 Å². The van der Waals surface area contributed by atoms with Gasteiger partial charge in [0, 0.05) is 6.08 Å². The Bertz CT molecular complexity index is 333. The Balaban J connectivity index is 2.27. The van der Waals surface area contributed by atoms with Crippen LogP contribution < -0.4 is 0 Å². The molecule has 0 aliphatic heterocycles. The van der Waals surface area contributed by atoms with Crippen LogP contribution in [0.1, 0.15) is 46.5 Å². The van der Waals surface area contributed by atoms with Crippen LogP contribution in [0.2, 0.25) is 0 Å². The van der Waals surface area contributed by atoms with Gasteiger partial charge < -0.3 is 9.47 Å². The highest BCUT2D eigenvalue weighted by atomic mass is 16.6. The van der Waals surface area contributed by atoms with E-state index < -0.39 is 11.9 Å². The Morgan fingerprint density at radius 2 is 1.79 bits per heavy atom. The van der Waals surface area contributed by atoms with E-state index in [1.165, 1.54) is 0 Å². The number of carbonyl (C=O) groups is 2. The second-order valence-electron chi connectivity index (χ2n) is 6.14. The van der Waals surface area contributed by atoms with Crippen molar-refractivity contribution in [3.05, 3.63) is 12.7 Å². The summed E-state index contributed by atoms with van der Waals surface area (Å²) >= 11 is 0. The summed E-state index contributed by atoms with van der Waals surface area (Å²) in [5.41, 5.74) is 0.314. The molecule has 0 aromatic carbocycles. The molecule has 0 saturated heterocycles. The lowest BCUT2D eigenvalue weighted by molar-refractivity contribution is -0.161. The van der Waals surface area contributed by atoms with Gasteiger partial charge in [-0.1, -0.05) is 27.4 Å². The van der Waals surface area contributed by atoms with Crippen molar-refractivity contribution >= 4 is 11.9 Å². The molecular formula is C15H24O4. The fourth-order valence-electron chi connectivity index (χ4n) is 2.46. The summed E-state index contributed by atoms with van der Waals surface area (Å²) in [6.45, 7) is 9.68. The normalized spacial score (nSPS) is 23.5. The second-order valence-corrected chi connectivity index (χ2v) is 6.14. The molecule has 1 rings (SSSR count). The molecule has 0 radical (unpaired) electrons. The molecule has 0 spiro atoms. The van der Waals surface area contributed by atoms with Crippen molar-refractivity contribution in [1.82, 2.24) is 0 Å². The van der Waals surface area contributed by atoms with Gasteiger partial charge in [0.25, 0.3) is 0 Å². The first-order chi connectivity index (χ1) is 8.82. The molecule has 19 heavy (non-hydrogen) atoms. The predicted molar refractivity (Wildman–Crippen MR) is 72.4 cm³/mol. The minimum atomic E-state index is -0.603. The molecule has 0 amide bonds. The van der Waals surface area contributed by atoms with Gasteiger partial charge in [0.1, 0.15) is 6.10 Å². The molecule has 1 saturated carbocycles. The fourth-order valence-corrected chi connectivity index (χ4v) is 2.46. The van der Waals surface area contributed by atoms with Crippen molar-refractivity contribution in [2.45, 2.75) is 52.6 Å². The Kier molecular flexibility index (Phi) is 5.58. The second kappa shape index (κ2) is 6.73. The summed E-state index contributed by atoms with van der Waals surface area (Å²) in [5, 5.41) is 0. The van der Waals surface area contributed by atoms with E-state index in [9.17, 15) is 9.59 Å². The lowest BCUT2D eigenvalue weighted by Crippen LogP contribution is -2.31. The van der Waals surface area contributed by atoms with Crippen LogP contribution in [0.15, 0.2) is 12.7 Å². The number of hydrogen-bond acceptors (Lipinski definition) is 4. The predicted octanol–water partition coefficient (Wildman–Crippen LogP) is 2.86. The highest BCUT2D eigenvalue weighted by Gasteiger charge is 2.31. The summed E-state index contributed by atoms with van der Waals surface area (Å²) in [7, 11) is 0. The van der Waals surface area contributed by atoms with Crippen LogP contribution in [0.4, 0.5) is 0 Å². The van der Waals surface area contributed by atoms with Gasteiger partial charge in [-0.05, 0) is 37.0 Å². The van der Waals surface area contributed by atoms with Gasteiger partial charge >= 0.3 is 11.9 Å². The molecule has 108 valence electrons. The largest absolute Gasteiger partial charge is 0.460 e. The van der Waals surface area contributed by atoms with E-state index in [0.717, 1.165) is 31.8 Å². The molecule has 0 atom stereocenters. The minimum absolute atomic E-state index is 0.0338. The summed E-state index contributed by atoms with van der Waals surface area (Å²) in [6.07, 6.45) is 4.93. The number of carbonyl (C=O) groups excluding carboxylic acids is 2. The maximum Gasteiger partial charge on any atom is 0.344 e. The molecule has 0 bridgehead atoms. The molecule has 0 N–H and O–H groups in total. The zero-order valence-electron chi connectivity index (χ0n) is 12.1. The molecule has 4 nitrogen and oxygen atoms in total. The van der Waals surface area contributed by atoms with Gasteiger partial charge in [-0.3, -0.25) is 0 Å². The van der Waals surface area contributed by atoms with E-state index in [0.29, 0.717) is 11.3 Å². The molecule has 4 heteroatoms. The van der Waals surface area contributed by atoms with Crippen molar-refractivity contribution in [2.24, 2.45) is 11.3 Å². The van der Waals surface area contributed by atoms with E-state index in [1.54, 1.807) is 0 Å². The van der Waals surface area contributed by atoms with Gasteiger partial charge in [0.15, 0.2) is 6.61 Å². The number of ether oxygens (including phenoxy) is 2. The molecule has 1 fully saturated rings. The van der Waals surface area contributed by atoms with E-state index in [1.807, 2.05) is 0 Å². The first-order valence-electron chi connectivity index (χ1n) is 6.81. The molecule has 0 unspecified atom stereocenters. The zero-order valence-corrected chi connectivity index (χ0v) is 12.1. The maximum atomic E-state index is 11.5. The first kappa shape index (κ1) is 15.7. The lowest BCUT2D eigenvalue weighted by Gasteiger charge is -2.36. The maximum absolute atomic E-state index is 11.5. The van der Waals surface area contributed by atoms with E-state index in [-0.39, 0.29) is 12.7 Å². The number of rotatable bonds is 4. The third-order valence-electron chi connectivity index (χ3n) is 3.70. The molecule has 0 aromatic rings. The summed E-state index contributed by atoms with van der Waals surface area (Å²) < 4.78 is 9.94. The Hall–Kier alpha value is -1.32. The highest BCUT2D eigenvalue weighted by Crippen LogP contribution is 2.38. The average Bonchev–Trinajstić information content (AvgIpc) is 2.35. The number of hydrogen-bond donors (Lipinski definition) is 0. The summed E-state index contributed by atoms with van der Waals surface area (Å²) in [6, 6.07) is 0. The van der Waals surface area contributed by atoms with E-state index in [4.69, 9.17) is 4.74 Å². The van der Waals surface area contributed by atoms with Crippen LogP contribution in [0, 0.1) is 11.3 Å². The monoisotopic (exact) mass is 268 g/mol. The van der Waals surface area contributed by atoms with Crippen LogP contribution >= 0.6 is 0 Å². The van der Waals surface area contributed by atoms with Gasteiger partial charge in [-0.2, -0.15) is 0 Å². The Morgan fingerprint density at radius 3 is 2.26 bits per heavy atom. The average molecular weight is 268 g/mol. The third kappa shape index (κ3) is 5.45. The summed E-state index contributed by atoms with van der Waals surface area (Å²) in [4.78, 5) is 22.3. The summed E-state index contributed by atoms with van der Waals surface area (Å²) in [5.74, 6) is -0.399. The molecule has 0 aromatic heterocycles.